The molecular formula is C14H23NO5. The van der Waals surface area contributed by atoms with Crippen LogP contribution in [0.4, 0.5) is 0 Å². The number of carbonyl (C=O) groups excluding carboxylic acids is 2. The molecule has 0 aliphatic heterocycles. The lowest BCUT2D eigenvalue weighted by Crippen LogP contribution is -2.36. The maximum Gasteiger partial charge on any atom is 0.307 e. The van der Waals surface area contributed by atoms with Crippen molar-refractivity contribution in [2.75, 3.05) is 13.2 Å². The van der Waals surface area contributed by atoms with Crippen LogP contribution in [0.2, 0.25) is 0 Å². The Morgan fingerprint density at radius 2 is 1.85 bits per heavy atom. The maximum absolute atomic E-state index is 12.0. The number of aliphatic carboxylic acids is 1. The number of hydrogen-bond donors (Lipinski definition) is 2. The Balaban J connectivity index is 2.45. The summed E-state index contributed by atoms with van der Waals surface area (Å²) in [5, 5.41) is 11.8. The van der Waals surface area contributed by atoms with Gasteiger partial charge in [-0.2, -0.15) is 0 Å². The van der Waals surface area contributed by atoms with Crippen molar-refractivity contribution in [2.24, 2.45) is 17.8 Å². The van der Waals surface area contributed by atoms with Crippen molar-refractivity contribution in [2.45, 2.75) is 39.5 Å². The van der Waals surface area contributed by atoms with Gasteiger partial charge in [-0.3, -0.25) is 14.4 Å². The molecular weight excluding hydrogens is 262 g/mol. The van der Waals surface area contributed by atoms with Crippen LogP contribution in [-0.2, 0) is 19.1 Å². The highest BCUT2D eigenvalue weighted by Gasteiger charge is 2.41. The van der Waals surface area contributed by atoms with E-state index in [4.69, 9.17) is 4.74 Å². The second-order valence-corrected chi connectivity index (χ2v) is 5.14. The quantitative estimate of drug-likeness (QED) is 0.685. The molecule has 0 spiro atoms. The standard InChI is InChI=1S/C14H23NO5/c1-3-9-7-10(11(8-9)14(18)19)13(17)15-6-5-12(16)20-4-2/h9-11H,3-8H2,1-2H3,(H,15,17)(H,18,19)/t9?,10-,11+/m0/s1. The summed E-state index contributed by atoms with van der Waals surface area (Å²) < 4.78 is 4.76. The van der Waals surface area contributed by atoms with E-state index >= 15 is 0 Å². The van der Waals surface area contributed by atoms with Crippen LogP contribution in [0.3, 0.4) is 0 Å². The van der Waals surface area contributed by atoms with Crippen molar-refractivity contribution in [3.63, 3.8) is 0 Å². The molecule has 1 aliphatic carbocycles. The molecule has 0 saturated heterocycles. The van der Waals surface area contributed by atoms with Crippen LogP contribution in [0.1, 0.15) is 39.5 Å². The van der Waals surface area contributed by atoms with E-state index < -0.39 is 17.8 Å². The van der Waals surface area contributed by atoms with Crippen LogP contribution in [0.25, 0.3) is 0 Å². The highest BCUT2D eigenvalue weighted by atomic mass is 16.5. The fourth-order valence-electron chi connectivity index (χ4n) is 2.69. The fourth-order valence-corrected chi connectivity index (χ4v) is 2.69. The van der Waals surface area contributed by atoms with Crippen LogP contribution in [0.15, 0.2) is 0 Å². The van der Waals surface area contributed by atoms with Crippen molar-refractivity contribution in [1.82, 2.24) is 5.32 Å². The van der Waals surface area contributed by atoms with E-state index in [1.165, 1.54) is 0 Å². The van der Waals surface area contributed by atoms with Gasteiger partial charge in [0.2, 0.25) is 5.91 Å². The molecule has 2 N–H and O–H groups in total. The Hall–Kier alpha value is -1.59. The zero-order valence-electron chi connectivity index (χ0n) is 12.1. The molecule has 3 atom stereocenters. The van der Waals surface area contributed by atoms with Gasteiger partial charge in [0.1, 0.15) is 0 Å². The Labute approximate surface area is 118 Å². The number of carboxylic acid groups (broad SMARTS) is 1. The highest BCUT2D eigenvalue weighted by molar-refractivity contribution is 5.85. The molecule has 0 aromatic heterocycles. The summed E-state index contributed by atoms with van der Waals surface area (Å²) >= 11 is 0. The first-order valence-electron chi connectivity index (χ1n) is 7.15. The van der Waals surface area contributed by atoms with E-state index in [2.05, 4.69) is 5.32 Å². The summed E-state index contributed by atoms with van der Waals surface area (Å²) in [5.41, 5.74) is 0. The first kappa shape index (κ1) is 16.5. The number of amides is 1. The van der Waals surface area contributed by atoms with Gasteiger partial charge in [-0.1, -0.05) is 13.3 Å². The van der Waals surface area contributed by atoms with Gasteiger partial charge in [0.15, 0.2) is 0 Å². The van der Waals surface area contributed by atoms with Gasteiger partial charge < -0.3 is 15.2 Å². The molecule has 0 aromatic carbocycles. The molecule has 1 saturated carbocycles. The molecule has 0 heterocycles. The number of carbonyl (C=O) groups is 3. The summed E-state index contributed by atoms with van der Waals surface area (Å²) in [7, 11) is 0. The largest absolute Gasteiger partial charge is 0.481 e. The predicted molar refractivity (Wildman–Crippen MR) is 71.9 cm³/mol. The summed E-state index contributed by atoms with van der Waals surface area (Å²) in [6.07, 6.45) is 2.16. The van der Waals surface area contributed by atoms with Crippen molar-refractivity contribution in [3.05, 3.63) is 0 Å². The third kappa shape index (κ3) is 4.51. The number of rotatable bonds is 7. The normalized spacial score (nSPS) is 25.2. The van der Waals surface area contributed by atoms with Crippen molar-refractivity contribution in [1.29, 1.82) is 0 Å². The van der Waals surface area contributed by atoms with Crippen molar-refractivity contribution < 1.29 is 24.2 Å². The van der Waals surface area contributed by atoms with Crippen LogP contribution in [0, 0.1) is 17.8 Å². The van der Waals surface area contributed by atoms with Gasteiger partial charge in [-0.25, -0.2) is 0 Å². The van der Waals surface area contributed by atoms with E-state index in [1.807, 2.05) is 6.92 Å². The maximum atomic E-state index is 12.0. The number of carboxylic acids is 1. The van der Waals surface area contributed by atoms with Crippen molar-refractivity contribution >= 4 is 17.8 Å². The topological polar surface area (TPSA) is 92.7 Å². The van der Waals surface area contributed by atoms with E-state index in [1.54, 1.807) is 6.92 Å². The molecule has 0 aromatic rings. The SMILES string of the molecule is CCOC(=O)CCNC(=O)[C@H]1CC(CC)C[C@H]1C(=O)O. The molecule has 6 nitrogen and oxygen atoms in total. The van der Waals surface area contributed by atoms with Gasteiger partial charge >= 0.3 is 11.9 Å². The Morgan fingerprint density at radius 3 is 2.40 bits per heavy atom. The lowest BCUT2D eigenvalue weighted by molar-refractivity contribution is -0.146. The lowest BCUT2D eigenvalue weighted by Gasteiger charge is -2.15. The summed E-state index contributed by atoms with van der Waals surface area (Å²) in [6.45, 7) is 4.23. The Bertz CT molecular complexity index is 369. The highest BCUT2D eigenvalue weighted by Crippen LogP contribution is 2.38. The number of esters is 1. The second-order valence-electron chi connectivity index (χ2n) is 5.14. The first-order chi connectivity index (χ1) is 9.49. The van der Waals surface area contributed by atoms with Crippen LogP contribution >= 0.6 is 0 Å². The van der Waals surface area contributed by atoms with Gasteiger partial charge in [0.05, 0.1) is 24.9 Å². The average molecular weight is 285 g/mol. The van der Waals surface area contributed by atoms with Gasteiger partial charge in [0.25, 0.3) is 0 Å². The smallest absolute Gasteiger partial charge is 0.307 e. The molecule has 6 heteroatoms. The van der Waals surface area contributed by atoms with E-state index in [0.717, 1.165) is 6.42 Å². The van der Waals surface area contributed by atoms with E-state index in [0.29, 0.717) is 19.4 Å². The Kier molecular flexibility index (Phi) is 6.48. The monoisotopic (exact) mass is 285 g/mol. The average Bonchev–Trinajstić information content (AvgIpc) is 2.83. The minimum Gasteiger partial charge on any atom is -0.481 e. The van der Waals surface area contributed by atoms with Gasteiger partial charge in [0, 0.05) is 6.54 Å². The molecule has 0 bridgehead atoms. The lowest BCUT2D eigenvalue weighted by atomic mass is 9.95. The summed E-state index contributed by atoms with van der Waals surface area (Å²) in [5.74, 6) is -2.34. The summed E-state index contributed by atoms with van der Waals surface area (Å²) in [6, 6.07) is 0. The number of ether oxygens (including phenoxy) is 1. The molecule has 0 radical (unpaired) electrons. The van der Waals surface area contributed by atoms with Gasteiger partial charge in [-0.15, -0.1) is 0 Å². The van der Waals surface area contributed by atoms with Gasteiger partial charge in [-0.05, 0) is 25.7 Å². The first-order valence-corrected chi connectivity index (χ1v) is 7.15. The molecule has 1 fully saturated rings. The minimum absolute atomic E-state index is 0.112. The van der Waals surface area contributed by atoms with Crippen LogP contribution in [-0.4, -0.2) is 36.1 Å². The minimum atomic E-state index is -0.911. The molecule has 1 rings (SSSR count). The predicted octanol–water partition coefficient (Wildman–Crippen LogP) is 1.19. The molecule has 1 aliphatic rings. The third-order valence-corrected chi connectivity index (χ3v) is 3.83. The summed E-state index contributed by atoms with van der Waals surface area (Å²) in [4.78, 5) is 34.4. The van der Waals surface area contributed by atoms with Crippen LogP contribution in [0.5, 0.6) is 0 Å². The zero-order chi connectivity index (χ0) is 15.1. The second kappa shape index (κ2) is 7.87. The Morgan fingerprint density at radius 1 is 1.20 bits per heavy atom. The van der Waals surface area contributed by atoms with Crippen LogP contribution < -0.4 is 5.32 Å². The molecule has 1 unspecified atom stereocenters. The van der Waals surface area contributed by atoms with Crippen molar-refractivity contribution in [3.8, 4) is 0 Å². The molecule has 20 heavy (non-hydrogen) atoms. The third-order valence-electron chi connectivity index (χ3n) is 3.83. The molecule has 114 valence electrons. The number of nitrogens with one attached hydrogen (secondary N) is 1. The fraction of sp³-hybridized carbons (Fsp3) is 0.786. The van der Waals surface area contributed by atoms with E-state index in [-0.39, 0.29) is 30.8 Å². The molecule has 1 amide bonds. The zero-order valence-corrected chi connectivity index (χ0v) is 12.1. The number of hydrogen-bond acceptors (Lipinski definition) is 4. The van der Waals surface area contributed by atoms with E-state index in [9.17, 15) is 19.5 Å².